The minimum atomic E-state index is -3.64. The maximum atomic E-state index is 12.3. The molecule has 1 saturated heterocycles. The number of aliphatic hydroxyl groups is 1. The molecule has 0 radical (unpaired) electrons. The Morgan fingerprint density at radius 3 is 2.75 bits per heavy atom. The fourth-order valence-electron chi connectivity index (χ4n) is 3.20. The van der Waals surface area contributed by atoms with Crippen LogP contribution < -0.4 is 10.0 Å². The maximum absolute atomic E-state index is 12.3. The van der Waals surface area contributed by atoms with Crippen LogP contribution in [0.5, 0.6) is 0 Å². The summed E-state index contributed by atoms with van der Waals surface area (Å²) in [5, 5.41) is 12.3. The number of nitrogens with one attached hydrogen (secondary N) is 2. The van der Waals surface area contributed by atoms with Gasteiger partial charge in [-0.05, 0) is 30.9 Å². The molecule has 0 saturated carbocycles. The van der Waals surface area contributed by atoms with Crippen LogP contribution in [0.1, 0.15) is 18.4 Å². The fourth-order valence-corrected chi connectivity index (χ4v) is 4.64. The summed E-state index contributed by atoms with van der Waals surface area (Å²) in [5.74, 6) is -0.301. The summed E-state index contributed by atoms with van der Waals surface area (Å²) in [6.45, 7) is 2.81. The Balaban J connectivity index is 1.53. The monoisotopic (exact) mass is 353 g/mol. The summed E-state index contributed by atoms with van der Waals surface area (Å²) < 4.78 is 26.9. The Morgan fingerprint density at radius 2 is 2.00 bits per heavy atom. The molecule has 132 valence electrons. The summed E-state index contributed by atoms with van der Waals surface area (Å²) in [4.78, 5) is 14.7. The number of carbonyl (C=O) groups excluding carboxylic acids is 1. The molecule has 1 aromatic rings. The highest BCUT2D eigenvalue weighted by atomic mass is 32.2. The van der Waals surface area contributed by atoms with Gasteiger partial charge in [-0.1, -0.05) is 18.2 Å². The average Bonchev–Trinajstić information content (AvgIpc) is 2.56. The lowest BCUT2D eigenvalue weighted by Crippen LogP contribution is -2.51. The highest BCUT2D eigenvalue weighted by Gasteiger charge is 2.33. The number of rotatable bonds is 4. The maximum Gasteiger partial charge on any atom is 0.241 e. The number of benzene rings is 1. The van der Waals surface area contributed by atoms with Gasteiger partial charge in [0.25, 0.3) is 0 Å². The molecule has 1 atom stereocenters. The van der Waals surface area contributed by atoms with Gasteiger partial charge in [0, 0.05) is 26.2 Å². The zero-order chi connectivity index (χ0) is 17.2. The molecule has 3 N–H and O–H groups in total. The van der Waals surface area contributed by atoms with E-state index in [0.29, 0.717) is 25.1 Å². The van der Waals surface area contributed by atoms with E-state index in [4.69, 9.17) is 0 Å². The number of hydrogen-bond acceptors (Lipinski definition) is 5. The fraction of sp³-hybridized carbons (Fsp3) is 0.562. The van der Waals surface area contributed by atoms with Crippen molar-refractivity contribution < 1.29 is 18.3 Å². The number of amides is 1. The van der Waals surface area contributed by atoms with E-state index in [1.807, 2.05) is 0 Å². The van der Waals surface area contributed by atoms with Gasteiger partial charge in [0.1, 0.15) is 6.04 Å². The molecular weight excluding hydrogens is 330 g/mol. The molecule has 0 aromatic heterocycles. The first kappa shape index (κ1) is 17.3. The third-order valence-corrected chi connectivity index (χ3v) is 6.16. The van der Waals surface area contributed by atoms with Crippen molar-refractivity contribution in [1.29, 1.82) is 0 Å². The van der Waals surface area contributed by atoms with Gasteiger partial charge in [-0.15, -0.1) is 0 Å². The molecule has 0 unspecified atom stereocenters. The molecule has 1 aromatic carbocycles. The number of aliphatic hydroxyl groups excluding tert-OH is 1. The van der Waals surface area contributed by atoms with Gasteiger partial charge in [-0.25, -0.2) is 8.42 Å². The first-order valence-electron chi connectivity index (χ1n) is 8.24. The molecule has 0 bridgehead atoms. The molecule has 1 fully saturated rings. The van der Waals surface area contributed by atoms with Crippen molar-refractivity contribution in [3.05, 3.63) is 29.8 Å². The summed E-state index contributed by atoms with van der Waals surface area (Å²) in [6.07, 6.45) is 1.66. The second-order valence-corrected chi connectivity index (χ2v) is 8.03. The number of fused-ring (bicyclic) bond motifs is 1. The van der Waals surface area contributed by atoms with E-state index >= 15 is 0 Å². The number of nitrogens with zero attached hydrogens (tertiary/aromatic N) is 1. The Labute approximate surface area is 142 Å². The van der Waals surface area contributed by atoms with Crippen molar-refractivity contribution >= 4 is 15.9 Å². The third-order valence-electron chi connectivity index (χ3n) is 4.58. The van der Waals surface area contributed by atoms with E-state index < -0.39 is 16.1 Å². The summed E-state index contributed by atoms with van der Waals surface area (Å²) in [5.41, 5.74) is 0.668. The Morgan fingerprint density at radius 1 is 1.29 bits per heavy atom. The average molecular weight is 353 g/mol. The van der Waals surface area contributed by atoms with Crippen molar-refractivity contribution in [2.24, 2.45) is 0 Å². The molecule has 2 aliphatic rings. The molecule has 0 aliphatic carbocycles. The van der Waals surface area contributed by atoms with Crippen molar-refractivity contribution in [3.8, 4) is 0 Å². The minimum Gasteiger partial charge on any atom is -0.393 e. The predicted molar refractivity (Wildman–Crippen MR) is 88.9 cm³/mol. The van der Waals surface area contributed by atoms with Crippen molar-refractivity contribution in [2.75, 3.05) is 26.2 Å². The number of hydrogen-bond donors (Lipinski definition) is 3. The summed E-state index contributed by atoms with van der Waals surface area (Å²) >= 11 is 0. The molecule has 0 spiro atoms. The van der Waals surface area contributed by atoms with Gasteiger partial charge in [-0.3, -0.25) is 4.79 Å². The minimum absolute atomic E-state index is 0.215. The highest BCUT2D eigenvalue weighted by Crippen LogP contribution is 2.22. The van der Waals surface area contributed by atoms with E-state index in [9.17, 15) is 18.3 Å². The van der Waals surface area contributed by atoms with E-state index in [1.54, 1.807) is 24.3 Å². The van der Waals surface area contributed by atoms with Crippen LogP contribution in [0.2, 0.25) is 0 Å². The SMILES string of the molecule is O=C(NCCN1CCC(O)CC1)[C@H]1Cc2ccccc2S(=O)(=O)N1. The van der Waals surface area contributed by atoms with Crippen LogP contribution in [0.25, 0.3) is 0 Å². The van der Waals surface area contributed by atoms with Crippen molar-refractivity contribution in [3.63, 3.8) is 0 Å². The standard InChI is InChI=1S/C16H23N3O4S/c20-13-5-8-19(9-6-13)10-7-17-16(21)14-11-12-3-1-2-4-15(12)24(22,23)18-14/h1-4,13-14,18,20H,5-11H2,(H,17,21)/t14-/m1/s1. The normalized spacial score (nSPS) is 24.3. The molecule has 8 heteroatoms. The molecular formula is C16H23N3O4S. The number of carbonyl (C=O) groups is 1. The van der Waals surface area contributed by atoms with Crippen LogP contribution in [0.3, 0.4) is 0 Å². The molecule has 3 rings (SSSR count). The third kappa shape index (κ3) is 3.94. The zero-order valence-electron chi connectivity index (χ0n) is 13.4. The quantitative estimate of drug-likeness (QED) is 0.675. The Bertz CT molecular complexity index is 699. The lowest BCUT2D eigenvalue weighted by molar-refractivity contribution is -0.122. The Kier molecular flexibility index (Phi) is 5.19. The second-order valence-electron chi connectivity index (χ2n) is 6.35. The second kappa shape index (κ2) is 7.18. The van der Waals surface area contributed by atoms with Crippen LogP contribution >= 0.6 is 0 Å². The van der Waals surface area contributed by atoms with Gasteiger partial charge in [0.05, 0.1) is 11.0 Å². The molecule has 24 heavy (non-hydrogen) atoms. The molecule has 1 amide bonds. The number of piperidine rings is 1. The van der Waals surface area contributed by atoms with Gasteiger partial charge >= 0.3 is 0 Å². The zero-order valence-corrected chi connectivity index (χ0v) is 14.3. The van der Waals surface area contributed by atoms with Crippen molar-refractivity contribution in [2.45, 2.75) is 36.3 Å². The smallest absolute Gasteiger partial charge is 0.241 e. The first-order valence-corrected chi connectivity index (χ1v) is 9.72. The van der Waals surface area contributed by atoms with E-state index in [1.165, 1.54) is 0 Å². The van der Waals surface area contributed by atoms with Gasteiger partial charge in [0.15, 0.2) is 0 Å². The van der Waals surface area contributed by atoms with Crippen LogP contribution in [-0.4, -0.2) is 62.7 Å². The van der Waals surface area contributed by atoms with Gasteiger partial charge in [-0.2, -0.15) is 4.72 Å². The van der Waals surface area contributed by atoms with Gasteiger partial charge < -0.3 is 15.3 Å². The molecule has 2 heterocycles. The van der Waals surface area contributed by atoms with Crippen LogP contribution in [-0.2, 0) is 21.2 Å². The van der Waals surface area contributed by atoms with Crippen LogP contribution in [0, 0.1) is 0 Å². The van der Waals surface area contributed by atoms with Crippen LogP contribution in [0.15, 0.2) is 29.2 Å². The highest BCUT2D eigenvalue weighted by molar-refractivity contribution is 7.89. The van der Waals surface area contributed by atoms with Crippen molar-refractivity contribution in [1.82, 2.24) is 14.9 Å². The first-order chi connectivity index (χ1) is 11.5. The lowest BCUT2D eigenvalue weighted by atomic mass is 10.1. The summed E-state index contributed by atoms with van der Waals surface area (Å²) in [6, 6.07) is 5.98. The molecule has 7 nitrogen and oxygen atoms in total. The lowest BCUT2D eigenvalue weighted by Gasteiger charge is -2.30. The van der Waals surface area contributed by atoms with E-state index in [2.05, 4.69) is 14.9 Å². The topological polar surface area (TPSA) is 98.7 Å². The number of sulfonamides is 1. The molecule has 2 aliphatic heterocycles. The largest absolute Gasteiger partial charge is 0.393 e. The van der Waals surface area contributed by atoms with E-state index in [0.717, 1.165) is 25.9 Å². The predicted octanol–water partition coefficient (Wildman–Crippen LogP) is -0.537. The van der Waals surface area contributed by atoms with Crippen LogP contribution in [0.4, 0.5) is 0 Å². The summed E-state index contributed by atoms with van der Waals surface area (Å²) in [7, 11) is -3.64. The van der Waals surface area contributed by atoms with E-state index in [-0.39, 0.29) is 16.9 Å². The van der Waals surface area contributed by atoms with Gasteiger partial charge in [0.2, 0.25) is 15.9 Å². The number of likely N-dealkylation sites (tertiary alicyclic amines) is 1. The Hall–Kier alpha value is -1.48.